The molecule has 1 amide bonds. The molecule has 3 rings (SSSR count). The van der Waals surface area contributed by atoms with Crippen LogP contribution in [0.25, 0.3) is 11.1 Å². The lowest BCUT2D eigenvalue weighted by Crippen LogP contribution is -2.34. The van der Waals surface area contributed by atoms with E-state index in [1.165, 1.54) is 11.0 Å². The molecule has 1 aromatic heterocycles. The zero-order valence-corrected chi connectivity index (χ0v) is 13.6. The minimum Gasteiger partial charge on any atom is -0.441 e. The Bertz CT molecular complexity index is 746. The molecule has 0 radical (unpaired) electrons. The van der Waals surface area contributed by atoms with Gasteiger partial charge in [0.1, 0.15) is 11.9 Å². The van der Waals surface area contributed by atoms with E-state index in [-0.39, 0.29) is 13.2 Å². The van der Waals surface area contributed by atoms with Gasteiger partial charge in [0, 0.05) is 17.7 Å². The minimum absolute atomic E-state index is 0.216. The van der Waals surface area contributed by atoms with Crippen molar-refractivity contribution in [2.45, 2.75) is 26.0 Å². The third kappa shape index (κ3) is 3.10. The average molecular weight is 331 g/mol. The van der Waals surface area contributed by atoms with Gasteiger partial charge in [-0.25, -0.2) is 13.8 Å². The van der Waals surface area contributed by atoms with Crippen molar-refractivity contribution in [3.63, 3.8) is 0 Å². The van der Waals surface area contributed by atoms with Gasteiger partial charge in [-0.3, -0.25) is 4.90 Å². The van der Waals surface area contributed by atoms with Gasteiger partial charge in [-0.1, -0.05) is 0 Å². The number of carbonyl (C=O) groups is 1. The molecule has 2 aromatic rings. The summed E-state index contributed by atoms with van der Waals surface area (Å²) >= 11 is 0. The van der Waals surface area contributed by atoms with Crippen molar-refractivity contribution in [3.8, 4) is 11.1 Å². The molecule has 0 unspecified atom stereocenters. The number of hydrogen-bond acceptors (Lipinski definition) is 3. The number of nitrogens with zero attached hydrogens (tertiary/aromatic N) is 2. The van der Waals surface area contributed by atoms with E-state index in [1.54, 1.807) is 12.1 Å². The van der Waals surface area contributed by atoms with Crippen molar-refractivity contribution < 1.29 is 23.6 Å². The number of aliphatic hydroxyl groups excluding tert-OH is 1. The number of halogens is 1. The summed E-state index contributed by atoms with van der Waals surface area (Å²) < 4.78 is 21.5. The molecule has 1 aromatic carbocycles. The summed E-state index contributed by atoms with van der Waals surface area (Å²) in [6.07, 6.45) is 2.69. The number of benzene rings is 1. The van der Waals surface area contributed by atoms with E-state index >= 15 is 0 Å². The number of amides is 1. The zero-order valence-electron chi connectivity index (χ0n) is 13.6. The summed E-state index contributed by atoms with van der Waals surface area (Å²) in [5, 5.41) is 9.08. The SMILES string of the molecule is CC(C)[n+]1ccc(-c2ccc(N3C[C@H](CO)OC3=O)cc2F)cc1. The van der Waals surface area contributed by atoms with Gasteiger partial charge in [0.15, 0.2) is 18.4 Å². The summed E-state index contributed by atoms with van der Waals surface area (Å²) in [6, 6.07) is 8.72. The molecule has 0 aliphatic carbocycles. The molecule has 1 saturated heterocycles. The standard InChI is InChI=1S/C18H20FN2O3/c1-12(2)20-7-5-13(6-8-20)16-4-3-14(9-17(16)19)21-10-15(11-22)24-18(21)23/h3-9,12,15,22H,10-11H2,1-2H3/q+1/t15-/m1/s1. The Morgan fingerprint density at radius 1 is 1.33 bits per heavy atom. The van der Waals surface area contributed by atoms with Crippen LogP contribution in [0.3, 0.4) is 0 Å². The quantitative estimate of drug-likeness (QED) is 0.877. The number of aromatic nitrogens is 1. The first-order chi connectivity index (χ1) is 11.5. The third-order valence-corrected chi connectivity index (χ3v) is 4.10. The highest BCUT2D eigenvalue weighted by molar-refractivity contribution is 5.90. The number of pyridine rings is 1. The smallest absolute Gasteiger partial charge is 0.414 e. The molecule has 2 heterocycles. The van der Waals surface area contributed by atoms with Crippen LogP contribution in [-0.4, -0.2) is 30.5 Å². The van der Waals surface area contributed by atoms with Crippen LogP contribution in [0.2, 0.25) is 0 Å². The highest BCUT2D eigenvalue weighted by atomic mass is 19.1. The van der Waals surface area contributed by atoms with Crippen LogP contribution in [0.5, 0.6) is 0 Å². The highest BCUT2D eigenvalue weighted by Gasteiger charge is 2.32. The van der Waals surface area contributed by atoms with Gasteiger partial charge in [0.2, 0.25) is 0 Å². The largest absolute Gasteiger partial charge is 0.441 e. The second-order valence-electron chi connectivity index (χ2n) is 6.09. The summed E-state index contributed by atoms with van der Waals surface area (Å²) in [6.45, 7) is 4.12. The fourth-order valence-corrected chi connectivity index (χ4v) is 2.70. The predicted molar refractivity (Wildman–Crippen MR) is 87.1 cm³/mol. The Morgan fingerprint density at radius 2 is 2.04 bits per heavy atom. The maximum absolute atomic E-state index is 14.5. The Morgan fingerprint density at radius 3 is 2.58 bits per heavy atom. The van der Waals surface area contributed by atoms with Crippen molar-refractivity contribution in [1.82, 2.24) is 0 Å². The molecular weight excluding hydrogens is 311 g/mol. The van der Waals surface area contributed by atoms with Gasteiger partial charge in [0.05, 0.1) is 18.8 Å². The van der Waals surface area contributed by atoms with Crippen LogP contribution < -0.4 is 9.47 Å². The summed E-state index contributed by atoms with van der Waals surface area (Å²) in [4.78, 5) is 13.1. The molecule has 1 atom stereocenters. The number of rotatable bonds is 4. The van der Waals surface area contributed by atoms with Crippen molar-refractivity contribution in [2.24, 2.45) is 0 Å². The van der Waals surface area contributed by atoms with Gasteiger partial charge >= 0.3 is 6.09 Å². The van der Waals surface area contributed by atoms with Crippen LogP contribution in [0, 0.1) is 5.82 Å². The second-order valence-corrected chi connectivity index (χ2v) is 6.09. The Hall–Kier alpha value is -2.47. The molecule has 5 nitrogen and oxygen atoms in total. The molecule has 126 valence electrons. The first-order valence-corrected chi connectivity index (χ1v) is 7.89. The van der Waals surface area contributed by atoms with Crippen molar-refractivity contribution in [2.75, 3.05) is 18.1 Å². The topological polar surface area (TPSA) is 53.6 Å². The van der Waals surface area contributed by atoms with Crippen molar-refractivity contribution >= 4 is 11.8 Å². The van der Waals surface area contributed by atoms with Gasteiger partial charge < -0.3 is 9.84 Å². The van der Waals surface area contributed by atoms with E-state index in [0.29, 0.717) is 17.3 Å². The van der Waals surface area contributed by atoms with Gasteiger partial charge in [-0.05, 0) is 37.6 Å². The predicted octanol–water partition coefficient (Wildman–Crippen LogP) is 2.68. The minimum atomic E-state index is -0.570. The molecule has 1 aliphatic rings. The van der Waals surface area contributed by atoms with E-state index < -0.39 is 18.0 Å². The van der Waals surface area contributed by atoms with Crippen LogP contribution in [0.1, 0.15) is 19.9 Å². The highest BCUT2D eigenvalue weighted by Crippen LogP contribution is 2.28. The number of aliphatic hydroxyl groups is 1. The Labute approximate surface area is 139 Å². The third-order valence-electron chi connectivity index (χ3n) is 4.10. The van der Waals surface area contributed by atoms with E-state index in [9.17, 15) is 9.18 Å². The number of hydrogen-bond donors (Lipinski definition) is 1. The van der Waals surface area contributed by atoms with Crippen LogP contribution in [-0.2, 0) is 4.74 Å². The molecule has 0 saturated carbocycles. The number of cyclic esters (lactones) is 1. The molecule has 0 bridgehead atoms. The molecule has 1 fully saturated rings. The number of carbonyl (C=O) groups excluding carboxylic acids is 1. The van der Waals surface area contributed by atoms with E-state index in [1.807, 2.05) is 29.1 Å². The molecular formula is C18H20FN2O3+. The number of anilines is 1. The van der Waals surface area contributed by atoms with Crippen molar-refractivity contribution in [3.05, 3.63) is 48.5 Å². The van der Waals surface area contributed by atoms with E-state index in [0.717, 1.165) is 5.56 Å². The lowest BCUT2D eigenvalue weighted by Gasteiger charge is -2.14. The molecule has 0 spiro atoms. The number of ether oxygens (including phenoxy) is 1. The monoisotopic (exact) mass is 331 g/mol. The average Bonchev–Trinajstić information content (AvgIpc) is 2.96. The second kappa shape index (κ2) is 6.57. The molecule has 1 N–H and O–H groups in total. The molecule has 1 aliphatic heterocycles. The van der Waals surface area contributed by atoms with Gasteiger partial charge in [-0.2, -0.15) is 0 Å². The molecule has 24 heavy (non-hydrogen) atoms. The Kier molecular flexibility index (Phi) is 4.49. The maximum Gasteiger partial charge on any atom is 0.414 e. The van der Waals surface area contributed by atoms with Gasteiger partial charge in [0.25, 0.3) is 0 Å². The lowest BCUT2D eigenvalue weighted by atomic mass is 10.1. The van der Waals surface area contributed by atoms with Crippen LogP contribution in [0.4, 0.5) is 14.9 Å². The summed E-state index contributed by atoms with van der Waals surface area (Å²) in [5.74, 6) is -0.407. The zero-order chi connectivity index (χ0) is 17.3. The van der Waals surface area contributed by atoms with Gasteiger partial charge in [-0.15, -0.1) is 0 Å². The van der Waals surface area contributed by atoms with Crippen molar-refractivity contribution in [1.29, 1.82) is 0 Å². The lowest BCUT2D eigenvalue weighted by molar-refractivity contribution is -0.716. The van der Waals surface area contributed by atoms with E-state index in [4.69, 9.17) is 9.84 Å². The van der Waals surface area contributed by atoms with E-state index in [2.05, 4.69) is 13.8 Å². The fourth-order valence-electron chi connectivity index (χ4n) is 2.70. The fraction of sp³-hybridized carbons (Fsp3) is 0.333. The van der Waals surface area contributed by atoms with Crippen LogP contribution >= 0.6 is 0 Å². The molecule has 6 heteroatoms. The summed E-state index contributed by atoms with van der Waals surface area (Å²) in [5.41, 5.74) is 1.67. The summed E-state index contributed by atoms with van der Waals surface area (Å²) in [7, 11) is 0. The normalized spacial score (nSPS) is 17.5. The van der Waals surface area contributed by atoms with Crippen LogP contribution in [0.15, 0.2) is 42.7 Å². The first-order valence-electron chi connectivity index (χ1n) is 7.89. The Balaban J connectivity index is 1.86. The first kappa shape index (κ1) is 16.4. The maximum atomic E-state index is 14.5.